The lowest BCUT2D eigenvalue weighted by molar-refractivity contribution is 0.0595. The second-order valence-corrected chi connectivity index (χ2v) is 6.56. The van der Waals surface area contributed by atoms with Crippen LogP contribution in [-0.2, 0) is 11.2 Å². The molecule has 1 heterocycles. The lowest BCUT2D eigenvalue weighted by Crippen LogP contribution is -2.24. The number of anilines is 1. The smallest absolute Gasteiger partial charge is 0.360 e. The van der Waals surface area contributed by atoms with Gasteiger partial charge in [0, 0.05) is 12.5 Å². The molecule has 116 valence electrons. The van der Waals surface area contributed by atoms with Crippen molar-refractivity contribution in [3.63, 3.8) is 0 Å². The van der Waals surface area contributed by atoms with E-state index in [1.165, 1.54) is 32.8 Å². The molecule has 0 amide bonds. The Morgan fingerprint density at radius 1 is 1.48 bits per heavy atom. The van der Waals surface area contributed by atoms with Crippen LogP contribution < -0.4 is 5.73 Å². The zero-order valence-electron chi connectivity index (χ0n) is 13.1. The van der Waals surface area contributed by atoms with Gasteiger partial charge in [-0.1, -0.05) is 13.3 Å². The summed E-state index contributed by atoms with van der Waals surface area (Å²) >= 11 is 0. The first kappa shape index (κ1) is 14.4. The van der Waals surface area contributed by atoms with Gasteiger partial charge in [0.05, 0.1) is 7.11 Å². The number of aromatic nitrogens is 2. The zero-order valence-corrected chi connectivity index (χ0v) is 13.1. The maximum absolute atomic E-state index is 11.8. The standard InChI is InChI=1S/C16H25N3O2/c1-4-13-18-14(16(20)21-3)15(17)19(13)9(2)12-8-10-5-6-11(12)7-10/h9-12H,4-8,17H2,1-3H3. The number of rotatable bonds is 4. The van der Waals surface area contributed by atoms with Gasteiger partial charge < -0.3 is 15.0 Å². The molecule has 0 aromatic carbocycles. The highest BCUT2D eigenvalue weighted by atomic mass is 16.5. The number of carbonyl (C=O) groups excluding carboxylic acids is 1. The third kappa shape index (κ3) is 2.23. The van der Waals surface area contributed by atoms with Crippen molar-refractivity contribution in [1.29, 1.82) is 0 Å². The SMILES string of the molecule is CCc1nc(C(=O)OC)c(N)n1C(C)C1CC2CCC1C2. The van der Waals surface area contributed by atoms with E-state index in [1.54, 1.807) is 0 Å². The Bertz CT molecular complexity index is 552. The number of carbonyl (C=O) groups is 1. The number of aryl methyl sites for hydroxylation is 1. The maximum atomic E-state index is 11.8. The van der Waals surface area contributed by atoms with E-state index in [4.69, 9.17) is 10.5 Å². The fourth-order valence-corrected chi connectivity index (χ4v) is 4.52. The number of hydrogen-bond acceptors (Lipinski definition) is 4. The van der Waals surface area contributed by atoms with Crippen LogP contribution in [0.25, 0.3) is 0 Å². The summed E-state index contributed by atoms with van der Waals surface area (Å²) in [6.07, 6.45) is 6.17. The van der Waals surface area contributed by atoms with Crippen LogP contribution in [0.15, 0.2) is 0 Å². The molecule has 3 rings (SSSR count). The molecule has 1 aromatic heterocycles. The Morgan fingerprint density at radius 2 is 2.24 bits per heavy atom. The molecule has 0 spiro atoms. The second kappa shape index (κ2) is 5.35. The third-order valence-electron chi connectivity index (χ3n) is 5.54. The van der Waals surface area contributed by atoms with E-state index >= 15 is 0 Å². The molecular formula is C16H25N3O2. The number of esters is 1. The third-order valence-corrected chi connectivity index (χ3v) is 5.54. The first-order valence-electron chi connectivity index (χ1n) is 8.01. The number of hydrogen-bond donors (Lipinski definition) is 1. The highest BCUT2D eigenvalue weighted by molar-refractivity contribution is 5.92. The van der Waals surface area contributed by atoms with Gasteiger partial charge in [0.2, 0.25) is 0 Å². The molecular weight excluding hydrogens is 266 g/mol. The van der Waals surface area contributed by atoms with Crippen LogP contribution in [0.2, 0.25) is 0 Å². The average Bonchev–Trinajstić information content (AvgIpc) is 3.19. The fraction of sp³-hybridized carbons (Fsp3) is 0.750. The van der Waals surface area contributed by atoms with Crippen LogP contribution in [0.1, 0.15) is 61.9 Å². The molecule has 2 bridgehead atoms. The molecule has 2 aliphatic rings. The predicted octanol–water partition coefficient (Wildman–Crippen LogP) is 2.81. The number of ether oxygens (including phenoxy) is 1. The molecule has 0 saturated heterocycles. The summed E-state index contributed by atoms with van der Waals surface area (Å²) in [4.78, 5) is 16.2. The maximum Gasteiger partial charge on any atom is 0.360 e. The first-order chi connectivity index (χ1) is 10.1. The summed E-state index contributed by atoms with van der Waals surface area (Å²) < 4.78 is 6.87. The Balaban J connectivity index is 1.93. The quantitative estimate of drug-likeness (QED) is 0.866. The number of fused-ring (bicyclic) bond motifs is 2. The van der Waals surface area contributed by atoms with E-state index in [9.17, 15) is 4.79 Å². The van der Waals surface area contributed by atoms with Gasteiger partial charge in [-0.3, -0.25) is 0 Å². The molecule has 2 saturated carbocycles. The predicted molar refractivity (Wildman–Crippen MR) is 81.0 cm³/mol. The van der Waals surface area contributed by atoms with E-state index in [0.29, 0.717) is 17.8 Å². The minimum atomic E-state index is -0.443. The van der Waals surface area contributed by atoms with Gasteiger partial charge in [-0.2, -0.15) is 0 Å². The van der Waals surface area contributed by atoms with E-state index < -0.39 is 5.97 Å². The van der Waals surface area contributed by atoms with Gasteiger partial charge in [0.25, 0.3) is 0 Å². The van der Waals surface area contributed by atoms with Crippen molar-refractivity contribution in [2.75, 3.05) is 12.8 Å². The summed E-state index contributed by atoms with van der Waals surface area (Å²) in [5, 5.41) is 0. The van der Waals surface area contributed by atoms with Gasteiger partial charge in [-0.05, 0) is 43.9 Å². The molecule has 21 heavy (non-hydrogen) atoms. The minimum absolute atomic E-state index is 0.268. The van der Waals surface area contributed by atoms with Crippen molar-refractivity contribution >= 4 is 11.8 Å². The Hall–Kier alpha value is -1.52. The molecule has 2 fully saturated rings. The second-order valence-electron chi connectivity index (χ2n) is 6.56. The fourth-order valence-electron chi connectivity index (χ4n) is 4.52. The molecule has 0 radical (unpaired) electrons. The largest absolute Gasteiger partial charge is 0.464 e. The Kier molecular flexibility index (Phi) is 3.68. The van der Waals surface area contributed by atoms with Crippen molar-refractivity contribution in [3.8, 4) is 0 Å². The highest BCUT2D eigenvalue weighted by Crippen LogP contribution is 2.52. The van der Waals surface area contributed by atoms with Gasteiger partial charge in [0.1, 0.15) is 11.6 Å². The molecule has 4 unspecified atom stereocenters. The monoisotopic (exact) mass is 291 g/mol. The van der Waals surface area contributed by atoms with E-state index in [0.717, 1.165) is 24.1 Å². The van der Waals surface area contributed by atoms with Gasteiger partial charge in [0.15, 0.2) is 5.69 Å². The zero-order chi connectivity index (χ0) is 15.1. The minimum Gasteiger partial charge on any atom is -0.464 e. The molecule has 2 aliphatic carbocycles. The summed E-state index contributed by atoms with van der Waals surface area (Å²) in [6, 6.07) is 0.307. The Labute approximate surface area is 125 Å². The van der Waals surface area contributed by atoms with E-state index in [1.807, 2.05) is 6.92 Å². The highest BCUT2D eigenvalue weighted by Gasteiger charge is 2.43. The summed E-state index contributed by atoms with van der Waals surface area (Å²) in [5.74, 6) is 3.30. The summed E-state index contributed by atoms with van der Waals surface area (Å²) in [6.45, 7) is 4.27. The number of methoxy groups -OCH3 is 1. The summed E-state index contributed by atoms with van der Waals surface area (Å²) in [5.41, 5.74) is 6.49. The van der Waals surface area contributed by atoms with E-state index in [-0.39, 0.29) is 5.69 Å². The van der Waals surface area contributed by atoms with Crippen LogP contribution in [0.4, 0.5) is 5.82 Å². The van der Waals surface area contributed by atoms with Gasteiger partial charge >= 0.3 is 5.97 Å². The Morgan fingerprint density at radius 3 is 2.76 bits per heavy atom. The van der Waals surface area contributed by atoms with Gasteiger partial charge in [-0.15, -0.1) is 0 Å². The van der Waals surface area contributed by atoms with Crippen LogP contribution in [0.5, 0.6) is 0 Å². The molecule has 0 aliphatic heterocycles. The molecule has 2 N–H and O–H groups in total. The van der Waals surface area contributed by atoms with Crippen LogP contribution >= 0.6 is 0 Å². The number of nitrogens with two attached hydrogens (primary N) is 1. The number of imidazole rings is 1. The van der Waals surface area contributed by atoms with E-state index in [2.05, 4.69) is 16.5 Å². The van der Waals surface area contributed by atoms with Crippen molar-refractivity contribution in [1.82, 2.24) is 9.55 Å². The van der Waals surface area contributed by atoms with Crippen molar-refractivity contribution in [3.05, 3.63) is 11.5 Å². The number of nitrogens with zero attached hydrogens (tertiary/aromatic N) is 2. The topological polar surface area (TPSA) is 70.1 Å². The average molecular weight is 291 g/mol. The number of nitrogen functional groups attached to an aromatic ring is 1. The summed E-state index contributed by atoms with van der Waals surface area (Å²) in [7, 11) is 1.37. The van der Waals surface area contributed by atoms with Crippen molar-refractivity contribution in [2.24, 2.45) is 17.8 Å². The molecule has 4 atom stereocenters. The molecule has 1 aromatic rings. The normalized spacial score (nSPS) is 28.8. The van der Waals surface area contributed by atoms with Crippen molar-refractivity contribution in [2.45, 2.75) is 52.0 Å². The first-order valence-corrected chi connectivity index (χ1v) is 8.01. The molecule has 5 heteroatoms. The van der Waals surface area contributed by atoms with Crippen molar-refractivity contribution < 1.29 is 9.53 Å². The van der Waals surface area contributed by atoms with Crippen LogP contribution in [0.3, 0.4) is 0 Å². The molecule has 5 nitrogen and oxygen atoms in total. The van der Waals surface area contributed by atoms with Crippen LogP contribution in [-0.4, -0.2) is 22.6 Å². The lowest BCUT2D eigenvalue weighted by atomic mass is 9.84. The van der Waals surface area contributed by atoms with Gasteiger partial charge in [-0.25, -0.2) is 9.78 Å². The lowest BCUT2D eigenvalue weighted by Gasteiger charge is -2.30. The van der Waals surface area contributed by atoms with Crippen LogP contribution in [0, 0.1) is 17.8 Å².